The summed E-state index contributed by atoms with van der Waals surface area (Å²) in [4.78, 5) is 31.2. The van der Waals surface area contributed by atoms with Gasteiger partial charge in [0.15, 0.2) is 5.79 Å². The number of hydrogen-bond donors (Lipinski definition) is 2. The lowest BCUT2D eigenvalue weighted by atomic mass is 9.95. The largest absolute Gasteiger partial charge is 0.350 e. The van der Waals surface area contributed by atoms with Crippen molar-refractivity contribution in [3.63, 3.8) is 0 Å². The van der Waals surface area contributed by atoms with E-state index in [0.29, 0.717) is 36.2 Å². The summed E-state index contributed by atoms with van der Waals surface area (Å²) in [5, 5.41) is 2.92. The lowest BCUT2D eigenvalue weighted by Crippen LogP contribution is -2.55. The van der Waals surface area contributed by atoms with Crippen molar-refractivity contribution in [1.29, 1.82) is 0 Å². The summed E-state index contributed by atoms with van der Waals surface area (Å²) in [5.41, 5.74) is 3.13. The smallest absolute Gasteiger partial charge is 0.268 e. The summed E-state index contributed by atoms with van der Waals surface area (Å²) in [5.74, 6) is -0.994. The van der Waals surface area contributed by atoms with E-state index in [1.165, 1.54) is 11.3 Å². The van der Waals surface area contributed by atoms with Crippen molar-refractivity contribution < 1.29 is 19.1 Å². The van der Waals surface area contributed by atoms with Gasteiger partial charge < -0.3 is 24.7 Å². The molecule has 168 valence electrons. The van der Waals surface area contributed by atoms with E-state index in [0.717, 1.165) is 21.5 Å². The molecule has 2 aromatic heterocycles. The molecule has 0 saturated carbocycles. The molecule has 4 heterocycles. The highest BCUT2D eigenvalue weighted by molar-refractivity contribution is 7.22. The Balaban J connectivity index is 1.35. The van der Waals surface area contributed by atoms with Crippen LogP contribution in [0.25, 0.3) is 10.2 Å². The highest BCUT2D eigenvalue weighted by atomic mass is 35.5. The lowest BCUT2D eigenvalue weighted by molar-refractivity contribution is -0.260. The van der Waals surface area contributed by atoms with Crippen molar-refractivity contribution in [1.82, 2.24) is 10.3 Å². The summed E-state index contributed by atoms with van der Waals surface area (Å²) in [6, 6.07) is 10.7. The molecule has 1 atom stereocenters. The number of amides is 2. The third-order valence-corrected chi connectivity index (χ3v) is 7.08. The van der Waals surface area contributed by atoms with E-state index in [-0.39, 0.29) is 17.7 Å². The fourth-order valence-electron chi connectivity index (χ4n) is 4.20. The summed E-state index contributed by atoms with van der Waals surface area (Å²) in [6.07, 6.45) is 0.447. The van der Waals surface area contributed by atoms with Crippen LogP contribution in [0.1, 0.15) is 29.9 Å². The quantitative estimate of drug-likeness (QED) is 0.600. The topological polar surface area (TPSA) is 83.7 Å². The number of rotatable bonds is 4. The molecule has 2 amide bonds. The minimum Gasteiger partial charge on any atom is -0.350 e. The molecular formula is C23H24ClN3O4S. The van der Waals surface area contributed by atoms with E-state index in [9.17, 15) is 9.59 Å². The first-order valence-corrected chi connectivity index (χ1v) is 11.7. The fourth-order valence-corrected chi connectivity index (χ4v) is 5.34. The number of para-hydroxylation sites is 1. The monoisotopic (exact) mass is 473 g/mol. The first kappa shape index (κ1) is 21.5. The molecule has 32 heavy (non-hydrogen) atoms. The number of fused-ring (bicyclic) bond motifs is 2. The number of hydrogen-bond acceptors (Lipinski definition) is 5. The van der Waals surface area contributed by atoms with Gasteiger partial charge >= 0.3 is 0 Å². The fraction of sp³-hybridized carbons (Fsp3) is 0.391. The van der Waals surface area contributed by atoms with Gasteiger partial charge in [-0.05, 0) is 37.6 Å². The second kappa shape index (κ2) is 8.19. The molecule has 5 rings (SSSR count). The van der Waals surface area contributed by atoms with Crippen LogP contribution in [0.15, 0.2) is 36.4 Å². The molecule has 2 N–H and O–H groups in total. The molecule has 2 aliphatic rings. The molecule has 0 aliphatic carbocycles. The SMILES string of the molecule is CC1(C)OCC(CN2C(=O)C(NC(=O)c3cc4sc(Cl)cc4[nH]3)Cc3ccccc32)CO1. The van der Waals surface area contributed by atoms with E-state index < -0.39 is 11.8 Å². The number of halogens is 1. The highest BCUT2D eigenvalue weighted by Crippen LogP contribution is 2.32. The molecule has 1 aromatic carbocycles. The van der Waals surface area contributed by atoms with Crippen LogP contribution in [0.5, 0.6) is 0 Å². The van der Waals surface area contributed by atoms with Crippen LogP contribution in [0.4, 0.5) is 5.69 Å². The zero-order valence-corrected chi connectivity index (χ0v) is 19.4. The van der Waals surface area contributed by atoms with Crippen LogP contribution in [0.3, 0.4) is 0 Å². The van der Waals surface area contributed by atoms with E-state index in [1.807, 2.05) is 38.1 Å². The minimum absolute atomic E-state index is 0.0504. The third-order valence-electron chi connectivity index (χ3n) is 5.87. The van der Waals surface area contributed by atoms with Crippen molar-refractivity contribution in [2.45, 2.75) is 32.1 Å². The Morgan fingerprint density at radius 3 is 2.78 bits per heavy atom. The number of benzene rings is 1. The predicted octanol–water partition coefficient (Wildman–Crippen LogP) is 3.97. The number of carbonyl (C=O) groups excluding carboxylic acids is 2. The Morgan fingerprint density at radius 2 is 2.03 bits per heavy atom. The van der Waals surface area contributed by atoms with Gasteiger partial charge in [0.2, 0.25) is 5.91 Å². The number of nitrogens with one attached hydrogen (secondary N) is 2. The summed E-state index contributed by atoms with van der Waals surface area (Å²) in [7, 11) is 0. The minimum atomic E-state index is -0.649. The first-order chi connectivity index (χ1) is 15.3. The van der Waals surface area contributed by atoms with E-state index in [1.54, 1.807) is 17.0 Å². The van der Waals surface area contributed by atoms with Crippen molar-refractivity contribution >= 4 is 50.7 Å². The third kappa shape index (κ3) is 4.15. The average molecular weight is 474 g/mol. The Kier molecular flexibility index (Phi) is 5.49. The highest BCUT2D eigenvalue weighted by Gasteiger charge is 2.37. The van der Waals surface area contributed by atoms with Gasteiger partial charge in [0.1, 0.15) is 11.7 Å². The zero-order valence-electron chi connectivity index (χ0n) is 17.8. The number of anilines is 1. The van der Waals surface area contributed by atoms with Gasteiger partial charge in [-0.25, -0.2) is 0 Å². The number of aromatic amines is 1. The molecule has 0 bridgehead atoms. The van der Waals surface area contributed by atoms with Gasteiger partial charge in [0.05, 0.1) is 27.8 Å². The number of H-pyrrole nitrogens is 1. The average Bonchev–Trinajstić information content (AvgIpc) is 3.30. The second-order valence-electron chi connectivity index (χ2n) is 8.71. The van der Waals surface area contributed by atoms with Crippen molar-refractivity contribution in [3.05, 3.63) is 52.0 Å². The molecule has 0 spiro atoms. The first-order valence-electron chi connectivity index (χ1n) is 10.6. The standard InChI is InChI=1S/C23H24ClN3O4S/c1-23(2)30-11-13(12-31-23)10-27-18-6-4-3-5-14(18)7-17(22(27)29)26-21(28)16-8-19-15(25-16)9-20(24)32-19/h3-6,8-9,13,17,25H,7,10-12H2,1-2H3,(H,26,28). The summed E-state index contributed by atoms with van der Waals surface area (Å²) < 4.78 is 13.1. The molecule has 3 aromatic rings. The molecule has 1 unspecified atom stereocenters. The molecule has 9 heteroatoms. The second-order valence-corrected chi connectivity index (χ2v) is 10.4. The van der Waals surface area contributed by atoms with E-state index >= 15 is 0 Å². The van der Waals surface area contributed by atoms with Gasteiger partial charge in [-0.15, -0.1) is 11.3 Å². The number of carbonyl (C=O) groups is 2. The van der Waals surface area contributed by atoms with Crippen LogP contribution in [-0.4, -0.2) is 48.4 Å². The van der Waals surface area contributed by atoms with E-state index in [4.69, 9.17) is 21.1 Å². The summed E-state index contributed by atoms with van der Waals surface area (Å²) >= 11 is 7.42. The van der Waals surface area contributed by atoms with Crippen LogP contribution in [0.2, 0.25) is 4.34 Å². The van der Waals surface area contributed by atoms with Crippen LogP contribution < -0.4 is 10.2 Å². The van der Waals surface area contributed by atoms with Crippen LogP contribution in [-0.2, 0) is 20.7 Å². The lowest BCUT2D eigenvalue weighted by Gasteiger charge is -2.40. The van der Waals surface area contributed by atoms with E-state index in [2.05, 4.69) is 10.3 Å². The van der Waals surface area contributed by atoms with Crippen LogP contribution in [0, 0.1) is 5.92 Å². The molecule has 7 nitrogen and oxygen atoms in total. The number of ether oxygens (including phenoxy) is 2. The Bertz CT molecular complexity index is 1150. The molecule has 1 fully saturated rings. The van der Waals surface area contributed by atoms with Crippen molar-refractivity contribution in [3.8, 4) is 0 Å². The number of thiophene rings is 1. The maximum atomic E-state index is 13.4. The van der Waals surface area contributed by atoms with Crippen molar-refractivity contribution in [2.24, 2.45) is 5.92 Å². The Hall–Kier alpha value is -2.39. The van der Waals surface area contributed by atoms with Crippen LogP contribution >= 0.6 is 22.9 Å². The Morgan fingerprint density at radius 1 is 1.28 bits per heavy atom. The van der Waals surface area contributed by atoms with Gasteiger partial charge in [0.25, 0.3) is 5.91 Å². The summed E-state index contributed by atoms with van der Waals surface area (Å²) in [6.45, 7) is 5.26. The van der Waals surface area contributed by atoms with Gasteiger partial charge in [0, 0.05) is 24.6 Å². The van der Waals surface area contributed by atoms with Gasteiger partial charge in [-0.2, -0.15) is 0 Å². The number of aromatic nitrogens is 1. The van der Waals surface area contributed by atoms with Gasteiger partial charge in [-0.1, -0.05) is 29.8 Å². The zero-order chi connectivity index (χ0) is 22.5. The van der Waals surface area contributed by atoms with Crippen molar-refractivity contribution in [2.75, 3.05) is 24.7 Å². The molecular weight excluding hydrogens is 450 g/mol. The molecule has 1 saturated heterocycles. The maximum Gasteiger partial charge on any atom is 0.268 e. The normalized spacial score (nSPS) is 21.0. The predicted molar refractivity (Wildman–Crippen MR) is 124 cm³/mol. The van der Waals surface area contributed by atoms with Gasteiger partial charge in [-0.3, -0.25) is 9.59 Å². The number of nitrogens with zero attached hydrogens (tertiary/aromatic N) is 1. The molecule has 0 radical (unpaired) electrons. The maximum absolute atomic E-state index is 13.4. The molecule has 2 aliphatic heterocycles. The Labute approximate surface area is 194 Å².